The van der Waals surface area contributed by atoms with Crippen molar-refractivity contribution in [2.24, 2.45) is 5.92 Å². The molecule has 7 heteroatoms. The van der Waals surface area contributed by atoms with E-state index in [-0.39, 0.29) is 5.92 Å². The van der Waals surface area contributed by atoms with Gasteiger partial charge in [0.05, 0.1) is 31.3 Å². The van der Waals surface area contributed by atoms with Gasteiger partial charge >= 0.3 is 0 Å². The maximum atomic E-state index is 9.19. The lowest BCUT2D eigenvalue weighted by atomic mass is 10.1. The molecule has 0 N–H and O–H groups in total. The average molecular weight is 422 g/mol. The molecular weight excluding hydrogens is 394 g/mol. The molecule has 1 heterocycles. The van der Waals surface area contributed by atoms with Crippen molar-refractivity contribution in [2.75, 3.05) is 20.2 Å². The van der Waals surface area contributed by atoms with Gasteiger partial charge in [0.2, 0.25) is 4.77 Å². The summed E-state index contributed by atoms with van der Waals surface area (Å²) in [7, 11) is 1.66. The Balaban J connectivity index is 2.13. The summed E-state index contributed by atoms with van der Waals surface area (Å²) in [6.45, 7) is 8.04. The molecule has 1 atom stereocenters. The molecule has 1 unspecified atom stereocenters. The molecule has 0 amide bonds. The second-order valence-corrected chi connectivity index (χ2v) is 7.68. The number of ether oxygens (including phenoxy) is 1. The van der Waals surface area contributed by atoms with Crippen LogP contribution >= 0.6 is 12.2 Å². The van der Waals surface area contributed by atoms with Gasteiger partial charge in [-0.25, -0.2) is 4.68 Å². The molecule has 0 bridgehead atoms. The van der Waals surface area contributed by atoms with Crippen LogP contribution in [0.4, 0.5) is 0 Å². The third-order valence-electron chi connectivity index (χ3n) is 5.01. The molecule has 0 spiro atoms. The fourth-order valence-corrected chi connectivity index (χ4v) is 3.63. The van der Waals surface area contributed by atoms with Crippen LogP contribution in [0.1, 0.15) is 19.4 Å². The van der Waals surface area contributed by atoms with Crippen molar-refractivity contribution in [3.63, 3.8) is 0 Å². The SMILES string of the molecule is CCN(CC(C)C#N)Cn1nc(-c2ccccc2OC)n(-c2ccc(C)cc2)c1=S. The molecule has 0 aliphatic carbocycles. The van der Waals surface area contributed by atoms with E-state index in [9.17, 15) is 5.26 Å². The summed E-state index contributed by atoms with van der Waals surface area (Å²) >= 11 is 5.85. The minimum atomic E-state index is -0.0630. The molecule has 3 aromatic rings. The molecule has 0 saturated carbocycles. The molecule has 0 aliphatic heterocycles. The van der Waals surface area contributed by atoms with Gasteiger partial charge < -0.3 is 4.74 Å². The first-order valence-corrected chi connectivity index (χ1v) is 10.4. The van der Waals surface area contributed by atoms with Crippen LogP contribution in [0.2, 0.25) is 0 Å². The van der Waals surface area contributed by atoms with Gasteiger partial charge in [0.25, 0.3) is 0 Å². The van der Waals surface area contributed by atoms with Crippen molar-refractivity contribution < 1.29 is 4.74 Å². The van der Waals surface area contributed by atoms with Crippen LogP contribution in [0.5, 0.6) is 5.75 Å². The van der Waals surface area contributed by atoms with E-state index in [1.54, 1.807) is 7.11 Å². The lowest BCUT2D eigenvalue weighted by Crippen LogP contribution is -2.30. The zero-order valence-electron chi connectivity index (χ0n) is 17.9. The van der Waals surface area contributed by atoms with Crippen LogP contribution in [0.15, 0.2) is 48.5 Å². The molecule has 0 fully saturated rings. The Morgan fingerprint density at radius 2 is 1.90 bits per heavy atom. The molecule has 6 nitrogen and oxygen atoms in total. The van der Waals surface area contributed by atoms with Crippen LogP contribution < -0.4 is 4.74 Å². The van der Waals surface area contributed by atoms with Crippen molar-refractivity contribution in [1.82, 2.24) is 19.2 Å². The zero-order chi connectivity index (χ0) is 21.7. The second-order valence-electron chi connectivity index (χ2n) is 7.32. The van der Waals surface area contributed by atoms with E-state index in [1.165, 1.54) is 5.56 Å². The highest BCUT2D eigenvalue weighted by Crippen LogP contribution is 2.30. The van der Waals surface area contributed by atoms with Crippen molar-refractivity contribution in [1.29, 1.82) is 5.26 Å². The van der Waals surface area contributed by atoms with Gasteiger partial charge in [-0.15, -0.1) is 5.10 Å². The number of nitrogens with zero attached hydrogens (tertiary/aromatic N) is 5. The second kappa shape index (κ2) is 9.70. The first kappa shape index (κ1) is 21.8. The van der Waals surface area contributed by atoms with Crippen LogP contribution in [0.3, 0.4) is 0 Å². The van der Waals surface area contributed by atoms with Gasteiger partial charge in [-0.3, -0.25) is 9.47 Å². The number of methoxy groups -OCH3 is 1. The fraction of sp³-hybridized carbons (Fsp3) is 0.348. The Morgan fingerprint density at radius 3 is 2.53 bits per heavy atom. The molecule has 1 aromatic heterocycles. The van der Waals surface area contributed by atoms with Gasteiger partial charge in [-0.2, -0.15) is 5.26 Å². The highest BCUT2D eigenvalue weighted by Gasteiger charge is 2.19. The van der Waals surface area contributed by atoms with E-state index in [0.29, 0.717) is 18.0 Å². The van der Waals surface area contributed by atoms with Crippen LogP contribution in [0, 0.1) is 28.9 Å². The lowest BCUT2D eigenvalue weighted by Gasteiger charge is -2.21. The Bertz CT molecular complexity index is 1090. The summed E-state index contributed by atoms with van der Waals surface area (Å²) in [5.74, 6) is 1.40. The van der Waals surface area contributed by atoms with Crippen molar-refractivity contribution in [3.8, 4) is 28.9 Å². The molecule has 0 saturated heterocycles. The predicted molar refractivity (Wildman–Crippen MR) is 121 cm³/mol. The largest absolute Gasteiger partial charge is 0.496 e. The number of benzene rings is 2. The summed E-state index contributed by atoms with van der Waals surface area (Å²) in [5, 5.41) is 14.1. The van der Waals surface area contributed by atoms with Gasteiger partial charge in [-0.1, -0.05) is 36.8 Å². The first-order chi connectivity index (χ1) is 14.5. The topological polar surface area (TPSA) is 59.0 Å². The normalized spacial score (nSPS) is 12.0. The lowest BCUT2D eigenvalue weighted by molar-refractivity contribution is 0.202. The van der Waals surface area contributed by atoms with Gasteiger partial charge in [0, 0.05) is 12.2 Å². The average Bonchev–Trinajstić information content (AvgIpc) is 3.09. The molecule has 0 radical (unpaired) electrons. The van der Waals surface area contributed by atoms with E-state index in [1.807, 2.05) is 52.6 Å². The van der Waals surface area contributed by atoms with Crippen LogP contribution in [0.25, 0.3) is 17.1 Å². The Labute approximate surface area is 182 Å². The number of hydrogen-bond acceptors (Lipinski definition) is 5. The Hall–Kier alpha value is -2.95. The first-order valence-electron chi connectivity index (χ1n) is 10.0. The van der Waals surface area contributed by atoms with Crippen LogP contribution in [-0.2, 0) is 6.67 Å². The van der Waals surface area contributed by atoms with E-state index < -0.39 is 0 Å². The summed E-state index contributed by atoms with van der Waals surface area (Å²) < 4.78 is 9.99. The quantitative estimate of drug-likeness (QED) is 0.488. The van der Waals surface area contributed by atoms with E-state index in [0.717, 1.165) is 29.4 Å². The number of aromatic nitrogens is 3. The minimum absolute atomic E-state index is 0.0630. The van der Waals surface area contributed by atoms with Gasteiger partial charge in [0.15, 0.2) is 5.82 Å². The number of aryl methyl sites for hydroxylation is 1. The summed E-state index contributed by atoms with van der Waals surface area (Å²) in [5.41, 5.74) is 3.00. The highest BCUT2D eigenvalue weighted by atomic mass is 32.1. The van der Waals surface area contributed by atoms with Crippen molar-refractivity contribution >= 4 is 12.2 Å². The Morgan fingerprint density at radius 1 is 1.20 bits per heavy atom. The summed E-state index contributed by atoms with van der Waals surface area (Å²) in [6.07, 6.45) is 0. The predicted octanol–water partition coefficient (Wildman–Crippen LogP) is 4.83. The van der Waals surface area contributed by atoms with E-state index in [4.69, 9.17) is 22.1 Å². The monoisotopic (exact) mass is 421 g/mol. The highest BCUT2D eigenvalue weighted by molar-refractivity contribution is 7.71. The van der Waals surface area contributed by atoms with Gasteiger partial charge in [-0.05, 0) is 56.9 Å². The number of hydrogen-bond donors (Lipinski definition) is 0. The Kier molecular flexibility index (Phi) is 7.03. The third-order valence-corrected chi connectivity index (χ3v) is 5.41. The number of para-hydroxylation sites is 1. The number of nitriles is 1. The maximum Gasteiger partial charge on any atom is 0.204 e. The standard InChI is InChI=1S/C23H27N5OS/c1-5-26(15-18(3)14-24)16-27-23(30)28(19-12-10-17(2)11-13-19)22(25-27)20-8-6-7-9-21(20)29-4/h6-13,18H,5,15-16H2,1-4H3. The summed E-state index contributed by atoms with van der Waals surface area (Å²) in [6, 6.07) is 18.3. The van der Waals surface area contributed by atoms with Gasteiger partial charge in [0.1, 0.15) is 5.75 Å². The molecule has 3 rings (SSSR count). The third kappa shape index (κ3) is 4.61. The minimum Gasteiger partial charge on any atom is -0.496 e. The molecule has 2 aromatic carbocycles. The molecule has 30 heavy (non-hydrogen) atoms. The van der Waals surface area contributed by atoms with Crippen LogP contribution in [-0.4, -0.2) is 39.4 Å². The summed E-state index contributed by atoms with van der Waals surface area (Å²) in [4.78, 5) is 2.17. The molecule has 156 valence electrons. The number of rotatable bonds is 8. The van der Waals surface area contributed by atoms with E-state index in [2.05, 4.69) is 36.9 Å². The van der Waals surface area contributed by atoms with E-state index >= 15 is 0 Å². The maximum absolute atomic E-state index is 9.19. The fourth-order valence-electron chi connectivity index (χ4n) is 3.33. The zero-order valence-corrected chi connectivity index (χ0v) is 18.7. The molecular formula is C23H27N5OS. The van der Waals surface area contributed by atoms with Crippen molar-refractivity contribution in [2.45, 2.75) is 27.4 Å². The van der Waals surface area contributed by atoms with Crippen molar-refractivity contribution in [3.05, 3.63) is 58.9 Å². The smallest absolute Gasteiger partial charge is 0.204 e. The molecule has 0 aliphatic rings.